The second kappa shape index (κ2) is 6.72. The number of ether oxygens (including phenoxy) is 1. The van der Waals surface area contributed by atoms with E-state index in [1.165, 1.54) is 0 Å². The van der Waals surface area contributed by atoms with Crippen LogP contribution in [0, 0.1) is 6.92 Å². The van der Waals surface area contributed by atoms with Gasteiger partial charge in [0.2, 0.25) is 5.95 Å². The van der Waals surface area contributed by atoms with Crippen LogP contribution in [0.3, 0.4) is 0 Å². The first kappa shape index (κ1) is 16.5. The van der Waals surface area contributed by atoms with Crippen LogP contribution < -0.4 is 10.9 Å². The molecule has 0 aliphatic carbocycles. The monoisotopic (exact) mass is 353 g/mol. The molecule has 0 bridgehead atoms. The van der Waals surface area contributed by atoms with Crippen molar-refractivity contribution < 1.29 is 9.53 Å². The minimum absolute atomic E-state index is 0.0201. The molecular weight excluding hydrogens is 334 g/mol. The third kappa shape index (κ3) is 2.99. The molecule has 0 radical (unpaired) electrons. The lowest BCUT2D eigenvalue weighted by Gasteiger charge is -2.14. The van der Waals surface area contributed by atoms with Crippen molar-refractivity contribution in [3.05, 3.63) is 58.1 Å². The van der Waals surface area contributed by atoms with Crippen molar-refractivity contribution in [1.82, 2.24) is 19.2 Å². The van der Waals surface area contributed by atoms with Crippen LogP contribution in [-0.2, 0) is 11.3 Å². The summed E-state index contributed by atoms with van der Waals surface area (Å²) in [4.78, 5) is 25.6. The molecule has 1 aliphatic rings. The van der Waals surface area contributed by atoms with Crippen LogP contribution in [-0.4, -0.2) is 37.8 Å². The Morgan fingerprint density at radius 3 is 3.00 bits per heavy atom. The molecule has 1 fully saturated rings. The normalized spacial score (nSPS) is 16.9. The third-order valence-corrected chi connectivity index (χ3v) is 4.56. The van der Waals surface area contributed by atoms with E-state index in [-0.39, 0.29) is 23.2 Å². The number of anilines is 1. The van der Waals surface area contributed by atoms with Crippen LogP contribution in [0.1, 0.15) is 28.8 Å². The van der Waals surface area contributed by atoms with Crippen LogP contribution in [0.25, 0.3) is 5.65 Å². The number of amides is 1. The molecule has 1 atom stereocenters. The average Bonchev–Trinajstić information content (AvgIpc) is 3.28. The molecule has 8 heteroatoms. The van der Waals surface area contributed by atoms with Crippen molar-refractivity contribution in [3.8, 4) is 0 Å². The average molecular weight is 353 g/mol. The van der Waals surface area contributed by atoms with Gasteiger partial charge in [0.15, 0.2) is 5.65 Å². The van der Waals surface area contributed by atoms with Crippen molar-refractivity contribution >= 4 is 17.5 Å². The molecule has 3 aromatic heterocycles. The van der Waals surface area contributed by atoms with Crippen molar-refractivity contribution in [2.75, 3.05) is 11.9 Å². The van der Waals surface area contributed by atoms with Gasteiger partial charge in [-0.1, -0.05) is 6.07 Å². The number of hydrogen-bond donors (Lipinski definition) is 1. The van der Waals surface area contributed by atoms with Crippen molar-refractivity contribution in [2.45, 2.75) is 32.4 Å². The first-order valence-electron chi connectivity index (χ1n) is 8.56. The highest BCUT2D eigenvalue weighted by Gasteiger charge is 2.21. The zero-order chi connectivity index (χ0) is 18.1. The Balaban J connectivity index is 1.63. The Kier molecular flexibility index (Phi) is 4.26. The lowest BCUT2D eigenvalue weighted by atomic mass is 10.1. The summed E-state index contributed by atoms with van der Waals surface area (Å²) >= 11 is 0. The van der Waals surface area contributed by atoms with Gasteiger partial charge in [0.1, 0.15) is 5.56 Å². The first-order valence-corrected chi connectivity index (χ1v) is 8.56. The number of nitrogens with zero attached hydrogens (tertiary/aromatic N) is 4. The van der Waals surface area contributed by atoms with E-state index < -0.39 is 5.91 Å². The maximum absolute atomic E-state index is 12.8. The van der Waals surface area contributed by atoms with Crippen molar-refractivity contribution in [1.29, 1.82) is 0 Å². The van der Waals surface area contributed by atoms with Gasteiger partial charge in [0.25, 0.3) is 11.5 Å². The smallest absolute Gasteiger partial charge is 0.263 e. The highest BCUT2D eigenvalue weighted by atomic mass is 16.5. The van der Waals surface area contributed by atoms with Gasteiger partial charge in [-0.05, 0) is 43.5 Å². The molecule has 134 valence electrons. The number of aryl methyl sites for hydroxylation is 1. The summed E-state index contributed by atoms with van der Waals surface area (Å²) < 4.78 is 8.79. The molecule has 8 nitrogen and oxygen atoms in total. The number of pyridine rings is 2. The summed E-state index contributed by atoms with van der Waals surface area (Å²) in [6.45, 7) is 2.92. The Morgan fingerprint density at radius 1 is 1.31 bits per heavy atom. The highest BCUT2D eigenvalue weighted by molar-refractivity contribution is 6.04. The van der Waals surface area contributed by atoms with Crippen LogP contribution >= 0.6 is 0 Å². The van der Waals surface area contributed by atoms with Crippen LogP contribution in [0.2, 0.25) is 0 Å². The molecule has 3 aromatic rings. The molecule has 26 heavy (non-hydrogen) atoms. The van der Waals surface area contributed by atoms with Gasteiger partial charge in [-0.3, -0.25) is 19.3 Å². The first-order chi connectivity index (χ1) is 12.6. The van der Waals surface area contributed by atoms with E-state index in [9.17, 15) is 9.59 Å². The number of carbonyl (C=O) groups excluding carboxylic acids is 1. The summed E-state index contributed by atoms with van der Waals surface area (Å²) in [5.74, 6) is -0.216. The van der Waals surface area contributed by atoms with Gasteiger partial charge >= 0.3 is 0 Å². The highest BCUT2D eigenvalue weighted by Crippen LogP contribution is 2.14. The van der Waals surface area contributed by atoms with Gasteiger partial charge in [0, 0.05) is 19.0 Å². The lowest BCUT2D eigenvalue weighted by molar-refractivity contribution is 0.0952. The van der Waals surface area contributed by atoms with E-state index >= 15 is 0 Å². The molecule has 1 saturated heterocycles. The number of aromatic nitrogens is 4. The summed E-state index contributed by atoms with van der Waals surface area (Å²) in [6.07, 6.45) is 5.40. The Hall–Kier alpha value is -3.00. The van der Waals surface area contributed by atoms with E-state index in [0.29, 0.717) is 17.8 Å². The fourth-order valence-corrected chi connectivity index (χ4v) is 3.18. The summed E-state index contributed by atoms with van der Waals surface area (Å²) in [5.41, 5.74) is 1.01. The predicted molar refractivity (Wildman–Crippen MR) is 95.4 cm³/mol. The number of carbonyl (C=O) groups is 1. The summed E-state index contributed by atoms with van der Waals surface area (Å²) in [7, 11) is 0. The molecule has 4 heterocycles. The maximum atomic E-state index is 12.8. The Labute approximate surface area is 149 Å². The SMILES string of the molecule is Cc1ccn(CC2CCCO2)c(=O)c1C(=O)Nc1nnc2ccccn12. The fraction of sp³-hybridized carbons (Fsp3) is 0.333. The molecule has 0 aromatic carbocycles. The van der Waals surface area contributed by atoms with Gasteiger partial charge in [-0.25, -0.2) is 0 Å². The maximum Gasteiger partial charge on any atom is 0.263 e. The molecule has 1 aliphatic heterocycles. The molecule has 1 unspecified atom stereocenters. The van der Waals surface area contributed by atoms with Gasteiger partial charge in [0.05, 0.1) is 12.6 Å². The molecular formula is C18H19N5O3. The van der Waals surface area contributed by atoms with Gasteiger partial charge < -0.3 is 9.30 Å². The van der Waals surface area contributed by atoms with Crippen LogP contribution in [0.15, 0.2) is 41.5 Å². The van der Waals surface area contributed by atoms with E-state index in [1.54, 1.807) is 40.4 Å². The quantitative estimate of drug-likeness (QED) is 0.770. The number of rotatable bonds is 4. The molecule has 1 N–H and O–H groups in total. The van der Waals surface area contributed by atoms with Gasteiger partial charge in [-0.15, -0.1) is 10.2 Å². The van der Waals surface area contributed by atoms with Crippen LogP contribution in [0.5, 0.6) is 0 Å². The Bertz CT molecular complexity index is 1020. The van der Waals surface area contributed by atoms with E-state index in [2.05, 4.69) is 15.5 Å². The van der Waals surface area contributed by atoms with E-state index in [0.717, 1.165) is 19.4 Å². The number of fused-ring (bicyclic) bond motifs is 1. The van der Waals surface area contributed by atoms with Gasteiger partial charge in [-0.2, -0.15) is 0 Å². The topological polar surface area (TPSA) is 90.5 Å². The zero-order valence-electron chi connectivity index (χ0n) is 14.4. The molecule has 0 spiro atoms. The number of nitrogens with one attached hydrogen (secondary N) is 1. The summed E-state index contributed by atoms with van der Waals surface area (Å²) in [6, 6.07) is 7.20. The predicted octanol–water partition coefficient (Wildman–Crippen LogP) is 1.63. The second-order valence-electron chi connectivity index (χ2n) is 6.37. The Morgan fingerprint density at radius 2 is 2.19 bits per heavy atom. The molecule has 4 rings (SSSR count). The van der Waals surface area contributed by atoms with Crippen molar-refractivity contribution in [3.63, 3.8) is 0 Å². The van der Waals surface area contributed by atoms with Crippen LogP contribution in [0.4, 0.5) is 5.95 Å². The lowest BCUT2D eigenvalue weighted by Crippen LogP contribution is -2.33. The minimum atomic E-state index is -0.493. The third-order valence-electron chi connectivity index (χ3n) is 4.56. The minimum Gasteiger partial charge on any atom is -0.376 e. The standard InChI is InChI=1S/C18H19N5O3/c1-12-7-9-22(11-13-5-4-10-26-13)17(25)15(12)16(24)19-18-21-20-14-6-2-3-8-23(14)18/h2-3,6-9,13H,4-5,10-11H2,1H3,(H,19,21,24). The largest absolute Gasteiger partial charge is 0.376 e. The van der Waals surface area contributed by atoms with E-state index in [4.69, 9.17) is 4.74 Å². The second-order valence-corrected chi connectivity index (χ2v) is 6.37. The zero-order valence-corrected chi connectivity index (χ0v) is 14.4. The summed E-state index contributed by atoms with van der Waals surface area (Å²) in [5, 5.41) is 10.7. The molecule has 1 amide bonds. The van der Waals surface area contributed by atoms with E-state index in [1.807, 2.05) is 12.1 Å². The van der Waals surface area contributed by atoms with Crippen molar-refractivity contribution in [2.24, 2.45) is 0 Å². The fourth-order valence-electron chi connectivity index (χ4n) is 3.18. The molecule has 0 saturated carbocycles. The number of hydrogen-bond acceptors (Lipinski definition) is 5.